The first-order valence-electron chi connectivity index (χ1n) is 7.36. The summed E-state index contributed by atoms with van der Waals surface area (Å²) in [5, 5.41) is 0. The average molecular weight is 317 g/mol. The van der Waals surface area contributed by atoms with Gasteiger partial charge in [0.1, 0.15) is 0 Å². The zero-order chi connectivity index (χ0) is 15.6. The molecule has 0 N–H and O–H groups in total. The molecule has 6 heteroatoms. The smallest absolute Gasteiger partial charge is 0.211 e. The van der Waals surface area contributed by atoms with Crippen molar-refractivity contribution in [3.63, 3.8) is 0 Å². The lowest BCUT2D eigenvalue weighted by atomic mass is 9.95. The van der Waals surface area contributed by atoms with Crippen molar-refractivity contribution >= 4 is 10.0 Å². The van der Waals surface area contributed by atoms with Gasteiger partial charge in [0.2, 0.25) is 10.0 Å². The highest BCUT2D eigenvalue weighted by atomic mass is 32.2. The van der Waals surface area contributed by atoms with Crippen molar-refractivity contribution in [1.82, 2.24) is 14.3 Å². The second kappa shape index (κ2) is 6.14. The standard InChI is InChI=1S/C16H19N3O2S/c1-22(20,21)19-10-4-6-14(12-19)16-8-2-7-15(18-16)13-5-3-9-17-11-13/h2-3,5,7-9,11,14H,4,6,10,12H2,1H3. The second-order valence-corrected chi connectivity index (χ2v) is 7.63. The molecule has 0 bridgehead atoms. The van der Waals surface area contributed by atoms with Crippen LogP contribution in [-0.4, -0.2) is 42.0 Å². The first-order chi connectivity index (χ1) is 10.5. The van der Waals surface area contributed by atoms with Gasteiger partial charge in [-0.15, -0.1) is 0 Å². The molecule has 3 rings (SSSR count). The Hall–Kier alpha value is -1.79. The van der Waals surface area contributed by atoms with E-state index < -0.39 is 10.0 Å². The second-order valence-electron chi connectivity index (χ2n) is 5.65. The van der Waals surface area contributed by atoms with Gasteiger partial charge in [-0.25, -0.2) is 12.7 Å². The number of hydrogen-bond donors (Lipinski definition) is 0. The molecule has 1 unspecified atom stereocenters. The molecule has 1 aliphatic rings. The fourth-order valence-corrected chi connectivity index (χ4v) is 3.75. The van der Waals surface area contributed by atoms with Crippen molar-refractivity contribution in [2.24, 2.45) is 0 Å². The van der Waals surface area contributed by atoms with E-state index in [1.165, 1.54) is 6.26 Å². The Kier molecular flexibility index (Phi) is 4.22. The minimum Gasteiger partial charge on any atom is -0.264 e. The maximum atomic E-state index is 11.7. The summed E-state index contributed by atoms with van der Waals surface area (Å²) in [6.07, 6.45) is 6.63. The lowest BCUT2D eigenvalue weighted by molar-refractivity contribution is 0.314. The van der Waals surface area contributed by atoms with Crippen molar-refractivity contribution < 1.29 is 8.42 Å². The van der Waals surface area contributed by atoms with Crippen LogP contribution >= 0.6 is 0 Å². The normalized spacial score (nSPS) is 20.0. The van der Waals surface area contributed by atoms with Crippen LogP contribution in [-0.2, 0) is 10.0 Å². The minimum atomic E-state index is -3.13. The van der Waals surface area contributed by atoms with Crippen LogP contribution < -0.4 is 0 Å². The van der Waals surface area contributed by atoms with Crippen LogP contribution in [0.15, 0.2) is 42.7 Å². The minimum absolute atomic E-state index is 0.153. The van der Waals surface area contributed by atoms with E-state index in [1.54, 1.807) is 16.7 Å². The van der Waals surface area contributed by atoms with E-state index in [4.69, 9.17) is 4.98 Å². The van der Waals surface area contributed by atoms with Crippen LogP contribution in [0.2, 0.25) is 0 Å². The van der Waals surface area contributed by atoms with E-state index in [0.29, 0.717) is 13.1 Å². The first kappa shape index (κ1) is 15.1. The number of rotatable bonds is 3. The van der Waals surface area contributed by atoms with E-state index in [0.717, 1.165) is 29.8 Å². The lowest BCUT2D eigenvalue weighted by Gasteiger charge is -2.30. The highest BCUT2D eigenvalue weighted by molar-refractivity contribution is 7.88. The third kappa shape index (κ3) is 3.34. The molecule has 3 heterocycles. The van der Waals surface area contributed by atoms with Crippen LogP contribution in [0.3, 0.4) is 0 Å². The van der Waals surface area contributed by atoms with Gasteiger partial charge in [-0.05, 0) is 37.1 Å². The van der Waals surface area contributed by atoms with Crippen LogP contribution in [0.1, 0.15) is 24.5 Å². The number of piperidine rings is 1. The molecule has 5 nitrogen and oxygen atoms in total. The molecule has 0 spiro atoms. The lowest BCUT2D eigenvalue weighted by Crippen LogP contribution is -2.38. The molecule has 1 fully saturated rings. The van der Waals surface area contributed by atoms with Gasteiger partial charge in [0.25, 0.3) is 0 Å². The molecule has 1 saturated heterocycles. The largest absolute Gasteiger partial charge is 0.264 e. The number of aromatic nitrogens is 2. The maximum Gasteiger partial charge on any atom is 0.211 e. The Labute approximate surface area is 131 Å². The van der Waals surface area contributed by atoms with Crippen LogP contribution in [0.4, 0.5) is 0 Å². The summed E-state index contributed by atoms with van der Waals surface area (Å²) >= 11 is 0. The third-order valence-corrected chi connectivity index (χ3v) is 5.27. The first-order valence-corrected chi connectivity index (χ1v) is 9.21. The monoisotopic (exact) mass is 317 g/mol. The Morgan fingerprint density at radius 2 is 2.09 bits per heavy atom. The van der Waals surface area contributed by atoms with E-state index in [1.807, 2.05) is 30.3 Å². The van der Waals surface area contributed by atoms with Gasteiger partial charge >= 0.3 is 0 Å². The molecule has 0 amide bonds. The van der Waals surface area contributed by atoms with Gasteiger partial charge in [-0.1, -0.05) is 6.07 Å². The molecule has 2 aromatic rings. The van der Waals surface area contributed by atoms with Gasteiger partial charge in [0.05, 0.1) is 11.9 Å². The summed E-state index contributed by atoms with van der Waals surface area (Å²) < 4.78 is 25.1. The summed E-state index contributed by atoms with van der Waals surface area (Å²) in [7, 11) is -3.13. The number of sulfonamides is 1. The highest BCUT2D eigenvalue weighted by Gasteiger charge is 2.27. The molecule has 0 aliphatic carbocycles. The van der Waals surface area contributed by atoms with E-state index >= 15 is 0 Å². The highest BCUT2D eigenvalue weighted by Crippen LogP contribution is 2.28. The number of pyridine rings is 2. The van der Waals surface area contributed by atoms with E-state index in [9.17, 15) is 8.42 Å². The Morgan fingerprint density at radius 1 is 1.23 bits per heavy atom. The maximum absolute atomic E-state index is 11.7. The molecule has 0 saturated carbocycles. The van der Waals surface area contributed by atoms with E-state index in [-0.39, 0.29) is 5.92 Å². The van der Waals surface area contributed by atoms with Crippen LogP contribution in [0.25, 0.3) is 11.3 Å². The summed E-state index contributed by atoms with van der Waals surface area (Å²) in [5.41, 5.74) is 2.80. The van der Waals surface area contributed by atoms with Crippen molar-refractivity contribution in [2.75, 3.05) is 19.3 Å². The molecule has 0 radical (unpaired) electrons. The fraction of sp³-hybridized carbons (Fsp3) is 0.375. The molecule has 1 atom stereocenters. The molecular formula is C16H19N3O2S. The van der Waals surface area contributed by atoms with Crippen LogP contribution in [0, 0.1) is 0 Å². The quantitative estimate of drug-likeness (QED) is 0.871. The molecule has 116 valence electrons. The number of nitrogens with zero attached hydrogens (tertiary/aromatic N) is 3. The Bertz CT molecular complexity index is 747. The SMILES string of the molecule is CS(=O)(=O)N1CCCC(c2cccc(-c3cccnc3)n2)C1. The summed E-state index contributed by atoms with van der Waals surface area (Å²) in [4.78, 5) is 8.84. The summed E-state index contributed by atoms with van der Waals surface area (Å²) in [5.74, 6) is 0.153. The van der Waals surface area contributed by atoms with Crippen LogP contribution in [0.5, 0.6) is 0 Å². The van der Waals surface area contributed by atoms with Crippen molar-refractivity contribution in [3.8, 4) is 11.3 Å². The molecule has 22 heavy (non-hydrogen) atoms. The third-order valence-electron chi connectivity index (χ3n) is 4.00. The molecule has 0 aromatic carbocycles. The number of hydrogen-bond acceptors (Lipinski definition) is 4. The molecule has 1 aliphatic heterocycles. The average Bonchev–Trinajstić information content (AvgIpc) is 2.55. The van der Waals surface area contributed by atoms with Crippen molar-refractivity contribution in [3.05, 3.63) is 48.4 Å². The predicted octanol–water partition coefficient (Wildman–Crippen LogP) is 2.28. The van der Waals surface area contributed by atoms with Gasteiger partial charge in [0.15, 0.2) is 0 Å². The topological polar surface area (TPSA) is 63.2 Å². The van der Waals surface area contributed by atoms with Gasteiger partial charge in [-0.2, -0.15) is 0 Å². The Morgan fingerprint density at radius 3 is 2.82 bits per heavy atom. The molecular weight excluding hydrogens is 298 g/mol. The predicted molar refractivity (Wildman–Crippen MR) is 85.9 cm³/mol. The van der Waals surface area contributed by atoms with Gasteiger partial charge in [0, 0.05) is 42.7 Å². The summed E-state index contributed by atoms with van der Waals surface area (Å²) in [6.45, 7) is 1.12. The fourth-order valence-electron chi connectivity index (χ4n) is 2.84. The van der Waals surface area contributed by atoms with E-state index in [2.05, 4.69) is 4.98 Å². The zero-order valence-corrected chi connectivity index (χ0v) is 13.3. The zero-order valence-electron chi connectivity index (χ0n) is 12.5. The Balaban J connectivity index is 1.86. The summed E-state index contributed by atoms with van der Waals surface area (Å²) in [6, 6.07) is 9.77. The van der Waals surface area contributed by atoms with Gasteiger partial charge in [-0.3, -0.25) is 9.97 Å². The van der Waals surface area contributed by atoms with Gasteiger partial charge < -0.3 is 0 Å². The van der Waals surface area contributed by atoms with Crippen molar-refractivity contribution in [1.29, 1.82) is 0 Å². The van der Waals surface area contributed by atoms with Crippen molar-refractivity contribution in [2.45, 2.75) is 18.8 Å². The molecule has 2 aromatic heterocycles.